The summed E-state index contributed by atoms with van der Waals surface area (Å²) in [6.45, 7) is 10.3. The Morgan fingerprint density at radius 1 is 1.05 bits per heavy atom. The van der Waals surface area contributed by atoms with E-state index in [0.29, 0.717) is 19.4 Å². The standard InChI is InChI=1S/C33H52N4O7/c1-9-22(4)30(36(6)28(38)18-21(2)3)27(43-7)20-29(39)37-17-13-16-26(37)31(44-8)23(5)32(40)34-25(33(41)35-42)19-24-14-11-10-12-15-24/h10-12,14-15,21-23,25-27,30-31H,9,13,16-20H2,1-8H3,(H,34,40). The second kappa shape index (κ2) is 17.9. The van der Waals surface area contributed by atoms with Crippen molar-refractivity contribution in [1.29, 1.82) is 0 Å². The Balaban J connectivity index is 2.20. The maximum absolute atomic E-state index is 13.8. The highest BCUT2D eigenvalue weighted by Gasteiger charge is 2.42. The monoisotopic (exact) mass is 616 g/mol. The number of likely N-dealkylation sites (tertiary alicyclic amines) is 1. The molecule has 0 aromatic heterocycles. The lowest BCUT2D eigenvalue weighted by Crippen LogP contribution is -2.54. The van der Waals surface area contributed by atoms with Gasteiger partial charge in [0.1, 0.15) is 6.04 Å². The lowest BCUT2D eigenvalue weighted by molar-refractivity contribution is -0.146. The largest absolute Gasteiger partial charge is 0.379 e. The van der Waals surface area contributed by atoms with Gasteiger partial charge in [0.2, 0.25) is 17.7 Å². The molecule has 0 aliphatic carbocycles. The zero-order chi connectivity index (χ0) is 33.0. The van der Waals surface area contributed by atoms with Crippen molar-refractivity contribution >= 4 is 23.6 Å². The van der Waals surface area contributed by atoms with Crippen molar-refractivity contribution in [1.82, 2.24) is 15.1 Å². The average molecular weight is 617 g/mol. The van der Waals surface area contributed by atoms with Gasteiger partial charge in [-0.25, -0.2) is 0 Å². The maximum Gasteiger partial charge on any atom is 0.308 e. The van der Waals surface area contributed by atoms with E-state index in [2.05, 4.69) is 24.3 Å². The van der Waals surface area contributed by atoms with Gasteiger partial charge in [-0.3, -0.25) is 19.2 Å². The molecule has 1 aromatic rings. The number of nitroso groups, excluding NO2 is 1. The van der Waals surface area contributed by atoms with Crippen molar-refractivity contribution in [3.05, 3.63) is 40.8 Å². The first kappa shape index (κ1) is 37.0. The molecule has 7 unspecified atom stereocenters. The molecule has 1 aromatic carbocycles. The van der Waals surface area contributed by atoms with Crippen LogP contribution in [0.25, 0.3) is 0 Å². The van der Waals surface area contributed by atoms with Gasteiger partial charge in [-0.1, -0.05) is 71.4 Å². The number of hydrogen-bond acceptors (Lipinski definition) is 7. The minimum Gasteiger partial charge on any atom is -0.379 e. The van der Waals surface area contributed by atoms with Gasteiger partial charge in [-0.2, -0.15) is 0 Å². The molecule has 0 bridgehead atoms. The van der Waals surface area contributed by atoms with Crippen LogP contribution in [0.3, 0.4) is 0 Å². The smallest absolute Gasteiger partial charge is 0.308 e. The van der Waals surface area contributed by atoms with Crippen LogP contribution in [-0.2, 0) is 35.1 Å². The molecule has 44 heavy (non-hydrogen) atoms. The number of nitrogens with zero attached hydrogens (tertiary/aromatic N) is 3. The van der Waals surface area contributed by atoms with Crippen molar-refractivity contribution in [2.24, 2.45) is 22.9 Å². The van der Waals surface area contributed by atoms with Crippen LogP contribution in [0.2, 0.25) is 0 Å². The number of hydrogen-bond donors (Lipinski definition) is 1. The van der Waals surface area contributed by atoms with Gasteiger partial charge in [0, 0.05) is 45.8 Å². The van der Waals surface area contributed by atoms with Crippen molar-refractivity contribution in [3.8, 4) is 0 Å². The molecule has 0 saturated carbocycles. The summed E-state index contributed by atoms with van der Waals surface area (Å²) in [5, 5.41) is 5.24. The lowest BCUT2D eigenvalue weighted by atomic mass is 9.90. The number of benzene rings is 1. The Labute approximate surface area is 262 Å². The third kappa shape index (κ3) is 9.92. The van der Waals surface area contributed by atoms with Crippen LogP contribution in [-0.4, -0.2) is 91.6 Å². The van der Waals surface area contributed by atoms with Gasteiger partial charge in [-0.15, -0.1) is 4.91 Å². The van der Waals surface area contributed by atoms with Gasteiger partial charge in [-0.05, 0) is 30.2 Å². The zero-order valence-electron chi connectivity index (χ0n) is 27.7. The van der Waals surface area contributed by atoms with Crippen LogP contribution < -0.4 is 5.32 Å². The molecule has 4 amide bonds. The molecule has 11 heteroatoms. The molecule has 1 N–H and O–H groups in total. The minimum atomic E-state index is -1.11. The van der Waals surface area contributed by atoms with E-state index in [-0.39, 0.29) is 48.6 Å². The van der Waals surface area contributed by atoms with Gasteiger partial charge in [0.05, 0.1) is 36.6 Å². The summed E-state index contributed by atoms with van der Waals surface area (Å²) in [6.07, 6.45) is 1.66. The molecular formula is C33H52N4O7. The Bertz CT molecular complexity index is 1100. The Morgan fingerprint density at radius 3 is 2.25 bits per heavy atom. The van der Waals surface area contributed by atoms with Crippen molar-refractivity contribution < 1.29 is 28.7 Å². The van der Waals surface area contributed by atoms with Crippen LogP contribution >= 0.6 is 0 Å². The quantitative estimate of drug-likeness (QED) is 0.262. The number of carbonyl (C=O) groups excluding carboxylic acids is 4. The minimum absolute atomic E-state index is 0.0203. The number of amides is 4. The number of carbonyl (C=O) groups is 4. The molecule has 7 atom stereocenters. The molecule has 11 nitrogen and oxygen atoms in total. The third-order valence-electron chi connectivity index (χ3n) is 8.87. The third-order valence-corrected chi connectivity index (χ3v) is 8.87. The first-order valence-electron chi connectivity index (χ1n) is 15.7. The molecule has 1 aliphatic heterocycles. The van der Waals surface area contributed by atoms with Gasteiger partial charge >= 0.3 is 5.91 Å². The first-order valence-corrected chi connectivity index (χ1v) is 15.7. The summed E-state index contributed by atoms with van der Waals surface area (Å²) in [7, 11) is 4.86. The van der Waals surface area contributed by atoms with Crippen molar-refractivity contribution in [2.45, 2.75) is 103 Å². The number of rotatable bonds is 17. The Hall–Kier alpha value is -3.18. The fraction of sp³-hybridized carbons (Fsp3) is 0.697. The van der Waals surface area contributed by atoms with Gasteiger partial charge in [0.25, 0.3) is 0 Å². The van der Waals surface area contributed by atoms with Gasteiger partial charge in [0.15, 0.2) is 0 Å². The molecule has 1 fully saturated rings. The molecule has 246 valence electrons. The van der Waals surface area contributed by atoms with E-state index in [1.165, 1.54) is 7.11 Å². The topological polar surface area (TPSA) is 135 Å². The van der Waals surface area contributed by atoms with E-state index >= 15 is 0 Å². The second-order valence-electron chi connectivity index (χ2n) is 12.4. The molecule has 1 saturated heterocycles. The molecule has 1 aliphatic rings. The highest BCUT2D eigenvalue weighted by molar-refractivity contribution is 5.89. The fourth-order valence-electron chi connectivity index (χ4n) is 6.24. The van der Waals surface area contributed by atoms with E-state index in [1.54, 1.807) is 43.0 Å². The SMILES string of the molecule is CCC(C)C(C(CC(=O)N1CCCC1C(OC)C(C)C(=O)NC(Cc1ccccc1)C(=O)N=O)OC)N(C)C(=O)CC(C)C. The first-order chi connectivity index (χ1) is 20.9. The van der Waals surface area contributed by atoms with Gasteiger partial charge < -0.3 is 24.6 Å². The van der Waals surface area contributed by atoms with Crippen LogP contribution in [0.5, 0.6) is 0 Å². The summed E-state index contributed by atoms with van der Waals surface area (Å²) in [5.41, 5.74) is 0.776. The second-order valence-corrected chi connectivity index (χ2v) is 12.4. The summed E-state index contributed by atoms with van der Waals surface area (Å²) < 4.78 is 11.7. The maximum atomic E-state index is 13.8. The summed E-state index contributed by atoms with van der Waals surface area (Å²) in [5.74, 6) is -1.96. The van der Waals surface area contributed by atoms with Crippen molar-refractivity contribution in [2.75, 3.05) is 27.8 Å². The molecule has 2 rings (SSSR count). The average Bonchev–Trinajstić information content (AvgIpc) is 3.49. The summed E-state index contributed by atoms with van der Waals surface area (Å²) >= 11 is 0. The van der Waals surface area contributed by atoms with E-state index in [4.69, 9.17) is 9.47 Å². The Morgan fingerprint density at radius 2 is 1.70 bits per heavy atom. The van der Waals surface area contributed by atoms with Crippen molar-refractivity contribution in [3.63, 3.8) is 0 Å². The van der Waals surface area contributed by atoms with Crippen LogP contribution in [0, 0.1) is 22.7 Å². The molecule has 0 spiro atoms. The number of nitrogens with one attached hydrogen (secondary N) is 1. The van der Waals surface area contributed by atoms with Crippen LogP contribution in [0.15, 0.2) is 35.5 Å². The number of methoxy groups -OCH3 is 2. The predicted molar refractivity (Wildman–Crippen MR) is 168 cm³/mol. The summed E-state index contributed by atoms with van der Waals surface area (Å²) in [6, 6.07) is 7.29. The number of ether oxygens (including phenoxy) is 2. The van der Waals surface area contributed by atoms with E-state index in [9.17, 15) is 24.1 Å². The molecule has 0 radical (unpaired) electrons. The highest BCUT2D eigenvalue weighted by atomic mass is 16.5. The van der Waals surface area contributed by atoms with E-state index < -0.39 is 36.0 Å². The molecular weight excluding hydrogens is 564 g/mol. The van der Waals surface area contributed by atoms with E-state index in [0.717, 1.165) is 18.4 Å². The summed E-state index contributed by atoms with van der Waals surface area (Å²) in [4.78, 5) is 67.1. The zero-order valence-corrected chi connectivity index (χ0v) is 27.7. The Kier molecular flexibility index (Phi) is 15.1. The normalized spacial score (nSPS) is 19.0. The van der Waals surface area contributed by atoms with Crippen LogP contribution in [0.4, 0.5) is 0 Å². The number of likely N-dealkylation sites (N-methyl/N-ethyl adjacent to an activating group) is 1. The fourth-order valence-corrected chi connectivity index (χ4v) is 6.24. The lowest BCUT2D eigenvalue weighted by Gasteiger charge is -2.39. The van der Waals surface area contributed by atoms with E-state index in [1.807, 2.05) is 32.0 Å². The predicted octanol–water partition coefficient (Wildman–Crippen LogP) is 3.97. The molecule has 1 heterocycles. The van der Waals surface area contributed by atoms with Crippen LogP contribution in [0.1, 0.15) is 72.3 Å². The highest BCUT2D eigenvalue weighted by Crippen LogP contribution is 2.29.